The highest BCUT2D eigenvalue weighted by molar-refractivity contribution is 7.89. The smallest absolute Gasteiger partial charge is 0.321 e. The van der Waals surface area contributed by atoms with Crippen LogP contribution in [0, 0.1) is 11.8 Å². The Labute approximate surface area is 228 Å². The van der Waals surface area contributed by atoms with Crippen molar-refractivity contribution < 1.29 is 22.8 Å². The van der Waals surface area contributed by atoms with Crippen LogP contribution in [0.5, 0.6) is 0 Å². The molecule has 0 bridgehead atoms. The highest BCUT2D eigenvalue weighted by Crippen LogP contribution is 2.37. The quantitative estimate of drug-likeness (QED) is 0.429. The fourth-order valence-electron chi connectivity index (χ4n) is 4.28. The zero-order valence-corrected chi connectivity index (χ0v) is 24.4. The first-order chi connectivity index (χ1) is 17.8. The molecule has 1 aliphatic rings. The van der Waals surface area contributed by atoms with Crippen LogP contribution in [-0.2, 0) is 23.0 Å². The van der Waals surface area contributed by atoms with Crippen molar-refractivity contribution in [3.05, 3.63) is 45.8 Å². The van der Waals surface area contributed by atoms with Gasteiger partial charge in [-0.25, -0.2) is 13.2 Å². The summed E-state index contributed by atoms with van der Waals surface area (Å²) in [7, 11) is -0.332. The van der Waals surface area contributed by atoms with Gasteiger partial charge in [-0.15, -0.1) is 11.3 Å². The summed E-state index contributed by atoms with van der Waals surface area (Å²) in [5, 5.41) is 7.82. The Morgan fingerprint density at radius 3 is 2.18 bits per heavy atom. The van der Waals surface area contributed by atoms with E-state index in [9.17, 15) is 22.8 Å². The second kappa shape index (κ2) is 12.4. The van der Waals surface area contributed by atoms with Gasteiger partial charge in [0.2, 0.25) is 10.0 Å². The Balaban J connectivity index is 1.86. The summed E-state index contributed by atoms with van der Waals surface area (Å²) in [6, 6.07) is 5.17. The molecule has 1 aromatic heterocycles. The van der Waals surface area contributed by atoms with Gasteiger partial charge in [-0.2, -0.15) is 4.31 Å². The van der Waals surface area contributed by atoms with E-state index < -0.39 is 27.9 Å². The number of carbonyl (C=O) groups is 3. The minimum atomic E-state index is -3.72. The van der Waals surface area contributed by atoms with E-state index in [-0.39, 0.29) is 27.9 Å². The molecule has 0 atom stereocenters. The van der Waals surface area contributed by atoms with Gasteiger partial charge < -0.3 is 15.5 Å². The first kappa shape index (κ1) is 29.8. The highest BCUT2D eigenvalue weighted by Gasteiger charge is 2.29. The van der Waals surface area contributed by atoms with Crippen LogP contribution in [0.4, 0.5) is 9.80 Å². The Kier molecular flexibility index (Phi) is 9.69. The summed E-state index contributed by atoms with van der Waals surface area (Å²) in [6.07, 6.45) is 0.616. The SMILES string of the molecule is CNC(=O)NC(=O)c1c(NC(=O)c2ccc(S(=O)(=O)N(CC(C)C)CC(C)C)cc2)sc2c1CCN(C)C2. The molecule has 12 heteroatoms. The van der Waals surface area contributed by atoms with E-state index >= 15 is 0 Å². The maximum Gasteiger partial charge on any atom is 0.321 e. The van der Waals surface area contributed by atoms with Crippen LogP contribution in [0.2, 0.25) is 0 Å². The van der Waals surface area contributed by atoms with Crippen LogP contribution in [0.3, 0.4) is 0 Å². The van der Waals surface area contributed by atoms with Crippen LogP contribution >= 0.6 is 11.3 Å². The van der Waals surface area contributed by atoms with Crippen LogP contribution in [-0.4, -0.2) is 69.2 Å². The molecule has 0 saturated heterocycles. The molecule has 0 fully saturated rings. The summed E-state index contributed by atoms with van der Waals surface area (Å²) in [6.45, 7) is 10.1. The molecular formula is C26H37N5O5S2. The van der Waals surface area contributed by atoms with Crippen molar-refractivity contribution in [2.75, 3.05) is 39.0 Å². The zero-order valence-electron chi connectivity index (χ0n) is 22.8. The molecule has 0 radical (unpaired) electrons. The van der Waals surface area contributed by atoms with E-state index in [1.807, 2.05) is 34.7 Å². The molecule has 1 aliphatic heterocycles. The molecule has 0 saturated carbocycles. The minimum Gasteiger partial charge on any atom is -0.341 e. The molecule has 0 aliphatic carbocycles. The third-order valence-corrected chi connectivity index (χ3v) is 9.03. The van der Waals surface area contributed by atoms with Crippen molar-refractivity contribution in [2.45, 2.75) is 45.6 Å². The molecule has 2 aromatic rings. The van der Waals surface area contributed by atoms with E-state index in [1.54, 1.807) is 0 Å². The molecule has 4 amide bonds. The van der Waals surface area contributed by atoms with E-state index in [0.717, 1.165) is 17.0 Å². The van der Waals surface area contributed by atoms with Gasteiger partial charge in [-0.05, 0) is 55.1 Å². The summed E-state index contributed by atoms with van der Waals surface area (Å²) < 4.78 is 28.1. The molecule has 0 spiro atoms. The van der Waals surface area contributed by atoms with Crippen molar-refractivity contribution in [1.29, 1.82) is 0 Å². The van der Waals surface area contributed by atoms with Gasteiger partial charge in [0.25, 0.3) is 11.8 Å². The number of hydrogen-bond acceptors (Lipinski definition) is 7. The number of rotatable bonds is 9. The van der Waals surface area contributed by atoms with E-state index in [0.29, 0.717) is 31.1 Å². The van der Waals surface area contributed by atoms with Crippen LogP contribution in [0.15, 0.2) is 29.2 Å². The lowest BCUT2D eigenvalue weighted by molar-refractivity contribution is 0.0964. The molecule has 0 unspecified atom stereocenters. The highest BCUT2D eigenvalue weighted by atomic mass is 32.2. The lowest BCUT2D eigenvalue weighted by Crippen LogP contribution is -2.38. The van der Waals surface area contributed by atoms with Gasteiger partial charge in [0.1, 0.15) is 5.00 Å². The molecule has 38 heavy (non-hydrogen) atoms. The van der Waals surface area contributed by atoms with Gasteiger partial charge in [0, 0.05) is 43.7 Å². The summed E-state index contributed by atoms with van der Waals surface area (Å²) in [5.74, 6) is -0.728. The first-order valence-electron chi connectivity index (χ1n) is 12.6. The van der Waals surface area contributed by atoms with Crippen molar-refractivity contribution in [3.8, 4) is 0 Å². The van der Waals surface area contributed by atoms with Crippen molar-refractivity contribution in [3.63, 3.8) is 0 Å². The fourth-order valence-corrected chi connectivity index (χ4v) is 7.36. The molecular weight excluding hydrogens is 526 g/mol. The Morgan fingerprint density at radius 1 is 1.03 bits per heavy atom. The number of thiophene rings is 1. The number of amides is 4. The molecule has 3 rings (SSSR count). The lowest BCUT2D eigenvalue weighted by Gasteiger charge is -2.25. The largest absolute Gasteiger partial charge is 0.341 e. The molecule has 2 heterocycles. The van der Waals surface area contributed by atoms with Crippen LogP contribution in [0.25, 0.3) is 0 Å². The Hall–Kier alpha value is -2.80. The van der Waals surface area contributed by atoms with Crippen molar-refractivity contribution >= 4 is 44.2 Å². The zero-order chi connectivity index (χ0) is 28.2. The second-order valence-corrected chi connectivity index (χ2v) is 13.4. The number of sulfonamides is 1. The molecule has 208 valence electrons. The summed E-state index contributed by atoms with van der Waals surface area (Å²) in [5.41, 5.74) is 1.36. The number of hydrogen-bond donors (Lipinski definition) is 3. The Bertz CT molecular complexity index is 1280. The number of urea groups is 1. The summed E-state index contributed by atoms with van der Waals surface area (Å²) >= 11 is 1.31. The van der Waals surface area contributed by atoms with Gasteiger partial charge >= 0.3 is 6.03 Å². The average Bonchev–Trinajstić information content (AvgIpc) is 3.19. The molecule has 3 N–H and O–H groups in total. The number of carbonyl (C=O) groups excluding carboxylic acids is 3. The number of imide groups is 1. The predicted octanol–water partition coefficient (Wildman–Crippen LogP) is 3.36. The average molecular weight is 564 g/mol. The maximum atomic E-state index is 13.3. The summed E-state index contributed by atoms with van der Waals surface area (Å²) in [4.78, 5) is 41.1. The van der Waals surface area contributed by atoms with E-state index in [2.05, 4.69) is 20.9 Å². The normalized spacial score (nSPS) is 14.0. The number of likely N-dealkylation sites (N-methyl/N-ethyl adjacent to an activating group) is 1. The number of benzene rings is 1. The van der Waals surface area contributed by atoms with Crippen LogP contribution in [0.1, 0.15) is 58.9 Å². The van der Waals surface area contributed by atoms with Gasteiger partial charge in [-0.3, -0.25) is 14.9 Å². The fraction of sp³-hybridized carbons (Fsp3) is 0.500. The van der Waals surface area contributed by atoms with Crippen molar-refractivity contribution in [2.24, 2.45) is 11.8 Å². The van der Waals surface area contributed by atoms with Gasteiger partial charge in [0.05, 0.1) is 10.5 Å². The number of anilines is 1. The Morgan fingerprint density at radius 2 is 1.63 bits per heavy atom. The van der Waals surface area contributed by atoms with Crippen molar-refractivity contribution in [1.82, 2.24) is 19.8 Å². The molecule has 1 aromatic carbocycles. The van der Waals surface area contributed by atoms with Crippen LogP contribution < -0.4 is 16.0 Å². The minimum absolute atomic E-state index is 0.121. The predicted molar refractivity (Wildman–Crippen MR) is 149 cm³/mol. The van der Waals surface area contributed by atoms with Gasteiger partial charge in [-0.1, -0.05) is 27.7 Å². The second-order valence-electron chi connectivity index (χ2n) is 10.3. The third kappa shape index (κ3) is 6.99. The monoisotopic (exact) mass is 563 g/mol. The van der Waals surface area contributed by atoms with E-state index in [4.69, 9.17) is 0 Å². The lowest BCUT2D eigenvalue weighted by atomic mass is 10.0. The van der Waals surface area contributed by atoms with E-state index in [1.165, 1.54) is 47.0 Å². The first-order valence-corrected chi connectivity index (χ1v) is 14.9. The topological polar surface area (TPSA) is 128 Å². The van der Waals surface area contributed by atoms with Gasteiger partial charge in [0.15, 0.2) is 0 Å². The maximum absolute atomic E-state index is 13.3. The molecule has 10 nitrogen and oxygen atoms in total. The third-order valence-electron chi connectivity index (χ3n) is 6.05. The number of nitrogens with one attached hydrogen (secondary N) is 3. The standard InChI is InChI=1S/C26H37N5O5S2/c1-16(2)13-31(14-17(3)4)38(35,36)19-9-7-18(8-10-19)23(32)28-25-22(24(33)29-26(34)27-5)20-11-12-30(6)15-21(20)37-25/h7-10,16-17H,11-15H2,1-6H3,(H,28,32)(H2,27,29,33,34). The number of nitrogens with zero attached hydrogens (tertiary/aromatic N) is 2. The number of fused-ring (bicyclic) bond motifs is 1.